The van der Waals surface area contributed by atoms with Crippen molar-refractivity contribution in [2.75, 3.05) is 7.11 Å². The minimum atomic E-state index is -0.589. The summed E-state index contributed by atoms with van der Waals surface area (Å²) in [4.78, 5) is 24.7. The Morgan fingerprint density at radius 1 is 1.11 bits per heavy atom. The van der Waals surface area contributed by atoms with Gasteiger partial charge in [-0.1, -0.05) is 29.8 Å². The summed E-state index contributed by atoms with van der Waals surface area (Å²) in [5.74, 6) is -0.293. The van der Waals surface area contributed by atoms with Gasteiger partial charge in [0.05, 0.1) is 28.8 Å². The highest BCUT2D eigenvalue weighted by Crippen LogP contribution is 2.29. The van der Waals surface area contributed by atoms with Crippen LogP contribution in [0.25, 0.3) is 0 Å². The maximum absolute atomic E-state index is 12.3. The van der Waals surface area contributed by atoms with Crippen LogP contribution in [0.2, 0.25) is 5.02 Å². The lowest BCUT2D eigenvalue weighted by molar-refractivity contribution is 0.0729. The van der Waals surface area contributed by atoms with Gasteiger partial charge in [-0.25, -0.2) is 10.2 Å². The van der Waals surface area contributed by atoms with E-state index in [1.54, 1.807) is 54.6 Å². The molecule has 0 atom stereocenters. The molecule has 0 aliphatic rings. The molecule has 0 aliphatic heterocycles. The molecule has 1 aromatic heterocycles. The number of hydrogen-bond acceptors (Lipinski definition) is 6. The van der Waals surface area contributed by atoms with E-state index in [0.29, 0.717) is 21.2 Å². The molecule has 1 N–H and O–H groups in total. The predicted octanol–water partition coefficient (Wildman–Crippen LogP) is 4.39. The summed E-state index contributed by atoms with van der Waals surface area (Å²) in [6.45, 7) is 0. The Morgan fingerprint density at radius 3 is 2.64 bits per heavy atom. The number of amides is 1. The molecule has 142 valence electrons. The van der Waals surface area contributed by atoms with Crippen molar-refractivity contribution in [3.05, 3.63) is 81.0 Å². The van der Waals surface area contributed by atoms with E-state index >= 15 is 0 Å². The smallest absolute Gasteiger partial charge is 0.345 e. The van der Waals surface area contributed by atoms with Crippen LogP contribution in [-0.2, 0) is 0 Å². The fraction of sp³-hybridized carbons (Fsp3) is 0.0500. The van der Waals surface area contributed by atoms with Crippen molar-refractivity contribution in [1.29, 1.82) is 0 Å². The van der Waals surface area contributed by atoms with Crippen molar-refractivity contribution in [2.45, 2.75) is 0 Å². The third-order valence-corrected chi connectivity index (χ3v) is 4.81. The summed E-state index contributed by atoms with van der Waals surface area (Å²) < 4.78 is 10.7. The number of carbonyl (C=O) groups excluding carboxylic acids is 2. The lowest BCUT2D eigenvalue weighted by Crippen LogP contribution is -2.16. The molecule has 1 amide bonds. The van der Waals surface area contributed by atoms with Crippen molar-refractivity contribution in [2.24, 2.45) is 5.10 Å². The van der Waals surface area contributed by atoms with Crippen molar-refractivity contribution >= 4 is 41.0 Å². The van der Waals surface area contributed by atoms with Crippen molar-refractivity contribution in [3.8, 4) is 11.5 Å². The number of ether oxygens (including phenoxy) is 2. The average Bonchev–Trinajstić information content (AvgIpc) is 3.24. The van der Waals surface area contributed by atoms with E-state index in [9.17, 15) is 9.59 Å². The zero-order chi connectivity index (χ0) is 19.9. The summed E-state index contributed by atoms with van der Waals surface area (Å²) in [5, 5.41) is 6.04. The highest BCUT2D eigenvalue weighted by atomic mass is 35.5. The molecule has 0 saturated heterocycles. The third kappa shape index (κ3) is 4.76. The molecule has 0 spiro atoms. The fourth-order valence-electron chi connectivity index (χ4n) is 2.26. The maximum atomic E-state index is 12.3. The van der Waals surface area contributed by atoms with Crippen LogP contribution in [0.3, 0.4) is 0 Å². The van der Waals surface area contributed by atoms with Crippen molar-refractivity contribution in [1.82, 2.24) is 5.43 Å². The summed E-state index contributed by atoms with van der Waals surface area (Å²) >= 11 is 7.35. The highest BCUT2D eigenvalue weighted by molar-refractivity contribution is 7.12. The second-order valence-electron chi connectivity index (χ2n) is 5.46. The van der Waals surface area contributed by atoms with Gasteiger partial charge in [0.15, 0.2) is 11.5 Å². The van der Waals surface area contributed by atoms with Crippen molar-refractivity contribution < 1.29 is 19.1 Å². The van der Waals surface area contributed by atoms with E-state index in [4.69, 9.17) is 21.1 Å². The number of hydrogen-bond donors (Lipinski definition) is 1. The molecule has 0 fully saturated rings. The van der Waals surface area contributed by atoms with Crippen LogP contribution in [-0.4, -0.2) is 25.2 Å². The number of nitrogens with one attached hydrogen (secondary N) is 1. The summed E-state index contributed by atoms with van der Waals surface area (Å²) in [6.07, 6.45) is 1.47. The third-order valence-electron chi connectivity index (χ3n) is 3.61. The Hall–Kier alpha value is -3.16. The van der Waals surface area contributed by atoms with Gasteiger partial charge in [-0.15, -0.1) is 11.3 Å². The van der Waals surface area contributed by atoms with Gasteiger partial charge in [0.1, 0.15) is 0 Å². The molecule has 3 aromatic rings. The zero-order valence-corrected chi connectivity index (χ0v) is 16.3. The standard InChI is InChI=1S/C20H15ClN2O4S/c1-26-17-11-13(12-22-23-19(24)18-7-4-10-28-18)8-9-16(17)27-20(25)14-5-2-3-6-15(14)21/h2-12H,1H3,(H,23,24)/b22-12+. The molecule has 0 bridgehead atoms. The number of thiophene rings is 1. The van der Waals surface area contributed by atoms with Gasteiger partial charge in [0, 0.05) is 0 Å². The Balaban J connectivity index is 1.70. The quantitative estimate of drug-likeness (QED) is 0.281. The van der Waals surface area contributed by atoms with E-state index in [-0.39, 0.29) is 17.2 Å². The van der Waals surface area contributed by atoms with E-state index in [2.05, 4.69) is 10.5 Å². The van der Waals surface area contributed by atoms with Gasteiger partial charge in [0.2, 0.25) is 0 Å². The minimum absolute atomic E-state index is 0.243. The number of methoxy groups -OCH3 is 1. The first-order chi connectivity index (χ1) is 13.6. The molecular formula is C20H15ClN2O4S. The molecule has 1 heterocycles. The Morgan fingerprint density at radius 2 is 1.93 bits per heavy atom. The predicted molar refractivity (Wildman–Crippen MR) is 109 cm³/mol. The molecule has 8 heteroatoms. The van der Waals surface area contributed by atoms with Gasteiger partial charge in [-0.05, 0) is 47.3 Å². The molecule has 6 nitrogen and oxygen atoms in total. The fourth-order valence-corrected chi connectivity index (χ4v) is 3.09. The largest absolute Gasteiger partial charge is 0.493 e. The first kappa shape index (κ1) is 19.6. The van der Waals surface area contributed by atoms with Crippen LogP contribution in [0, 0.1) is 0 Å². The monoisotopic (exact) mass is 414 g/mol. The zero-order valence-electron chi connectivity index (χ0n) is 14.7. The van der Waals surface area contributed by atoms with E-state index < -0.39 is 5.97 Å². The van der Waals surface area contributed by atoms with Gasteiger partial charge in [-0.2, -0.15) is 5.10 Å². The lowest BCUT2D eigenvalue weighted by atomic mass is 10.2. The second-order valence-corrected chi connectivity index (χ2v) is 6.81. The number of halogens is 1. The van der Waals surface area contributed by atoms with Crippen LogP contribution < -0.4 is 14.9 Å². The van der Waals surface area contributed by atoms with Crippen LogP contribution in [0.15, 0.2) is 65.1 Å². The molecule has 0 saturated carbocycles. The highest BCUT2D eigenvalue weighted by Gasteiger charge is 2.15. The molecule has 28 heavy (non-hydrogen) atoms. The van der Waals surface area contributed by atoms with Crippen LogP contribution in [0.1, 0.15) is 25.6 Å². The van der Waals surface area contributed by atoms with Crippen LogP contribution >= 0.6 is 22.9 Å². The van der Waals surface area contributed by atoms with Gasteiger partial charge >= 0.3 is 5.97 Å². The number of esters is 1. The summed E-state index contributed by atoms with van der Waals surface area (Å²) in [6, 6.07) is 15.0. The number of benzene rings is 2. The Labute approximate surface area is 170 Å². The Kier molecular flexibility index (Phi) is 6.41. The van der Waals surface area contributed by atoms with E-state index in [1.807, 2.05) is 5.38 Å². The van der Waals surface area contributed by atoms with Crippen LogP contribution in [0.5, 0.6) is 11.5 Å². The number of nitrogens with zero attached hydrogens (tertiary/aromatic N) is 1. The lowest BCUT2D eigenvalue weighted by Gasteiger charge is -2.10. The molecule has 0 unspecified atom stereocenters. The molecular weight excluding hydrogens is 400 g/mol. The maximum Gasteiger partial charge on any atom is 0.345 e. The number of carbonyl (C=O) groups is 2. The minimum Gasteiger partial charge on any atom is -0.493 e. The second kappa shape index (κ2) is 9.16. The van der Waals surface area contributed by atoms with Gasteiger partial charge < -0.3 is 9.47 Å². The number of hydrazone groups is 1. The van der Waals surface area contributed by atoms with E-state index in [1.165, 1.54) is 24.7 Å². The summed E-state index contributed by atoms with van der Waals surface area (Å²) in [5.41, 5.74) is 3.36. The first-order valence-corrected chi connectivity index (χ1v) is 9.36. The molecule has 0 radical (unpaired) electrons. The molecule has 3 rings (SSSR count). The summed E-state index contributed by atoms with van der Waals surface area (Å²) in [7, 11) is 1.46. The van der Waals surface area contributed by atoms with Crippen LogP contribution in [0.4, 0.5) is 0 Å². The SMILES string of the molecule is COc1cc(/C=N/NC(=O)c2cccs2)ccc1OC(=O)c1ccccc1Cl. The first-order valence-electron chi connectivity index (χ1n) is 8.10. The number of rotatable bonds is 6. The average molecular weight is 415 g/mol. The van der Waals surface area contributed by atoms with Crippen molar-refractivity contribution in [3.63, 3.8) is 0 Å². The van der Waals surface area contributed by atoms with E-state index in [0.717, 1.165) is 0 Å². The topological polar surface area (TPSA) is 77.0 Å². The van der Waals surface area contributed by atoms with Gasteiger partial charge in [-0.3, -0.25) is 4.79 Å². The molecule has 2 aromatic carbocycles. The normalized spacial score (nSPS) is 10.6. The molecule has 0 aliphatic carbocycles. The Bertz CT molecular complexity index is 1020. The van der Waals surface area contributed by atoms with Gasteiger partial charge in [0.25, 0.3) is 5.91 Å².